The molecule has 0 N–H and O–H groups in total. The van der Waals surface area contributed by atoms with Gasteiger partial charge in [-0.1, -0.05) is 50.5 Å². The normalized spacial score (nSPS) is 6.00. The van der Waals surface area contributed by atoms with E-state index in [-0.39, 0.29) is 0 Å². The molecule has 0 rings (SSSR count). The van der Waals surface area contributed by atoms with Gasteiger partial charge in [0.05, 0.1) is 4.11 Å². The summed E-state index contributed by atoms with van der Waals surface area (Å²) in [6.07, 6.45) is 0. The third kappa shape index (κ3) is 2390. The Balaban J connectivity index is -0.0000000301. The molecule has 0 bridgehead atoms. The summed E-state index contributed by atoms with van der Waals surface area (Å²) in [5.74, 6) is 2.50. The smallest absolute Gasteiger partial charge is 0.0662 e. The lowest BCUT2D eigenvalue weighted by molar-refractivity contribution is 1.50. The molecule has 0 unspecified atom stereocenters. The lowest BCUT2D eigenvalue weighted by Crippen LogP contribution is -0.856. The van der Waals surface area contributed by atoms with Crippen LogP contribution in [0.4, 0.5) is 0 Å². The van der Waals surface area contributed by atoms with E-state index < -0.39 is 0 Å². The molecule has 0 amide bonds. The van der Waals surface area contributed by atoms with E-state index in [2.05, 4.69) is 36.7 Å². The predicted molar refractivity (Wildman–Crippen MR) is 55.5 cm³/mol. The molecule has 0 atom stereocenters. The first-order valence-corrected chi connectivity index (χ1v) is 3.12. The number of hydrogen-bond acceptors (Lipinski definition) is 3. The second kappa shape index (κ2) is 3920. The molecule has 8 heavy (non-hydrogen) atoms. The fourth-order valence-corrected chi connectivity index (χ4v) is 0. The van der Waals surface area contributed by atoms with Crippen molar-refractivity contribution in [2.45, 2.75) is 13.8 Å². The summed E-state index contributed by atoms with van der Waals surface area (Å²) in [6, 6.07) is 0. The highest BCUT2D eigenvalue weighted by atomic mass is 32.1. The van der Waals surface area contributed by atoms with Crippen LogP contribution in [0.25, 0.3) is 0 Å². The molecule has 50 valence electrons. The van der Waals surface area contributed by atoms with Crippen molar-refractivity contribution < 1.29 is 4.11 Å². The maximum Gasteiger partial charge on any atom is 0.0662 e. The van der Waals surface area contributed by atoms with Crippen LogP contribution >= 0.6 is 36.7 Å². The summed E-state index contributed by atoms with van der Waals surface area (Å²) in [7, 11) is 0. The van der Waals surface area contributed by atoms with Crippen molar-refractivity contribution in [1.29, 1.82) is 0 Å². The zero-order chi connectivity index (χ0) is 10.1. The van der Waals surface area contributed by atoms with Gasteiger partial charge < -0.3 is 0 Å². The predicted octanol–water partition coefficient (Wildman–Crippen LogP) is 2.87. The third-order valence-electron chi connectivity index (χ3n) is 0. The van der Waals surface area contributed by atoms with E-state index in [1.807, 2.05) is 13.8 Å². The van der Waals surface area contributed by atoms with Crippen molar-refractivity contribution in [2.24, 2.45) is 0 Å². The van der Waals surface area contributed by atoms with E-state index in [0.717, 1.165) is 17.5 Å². The summed E-state index contributed by atoms with van der Waals surface area (Å²) in [5, 5.41) is 0. The maximum absolute atomic E-state index is 5.90. The Morgan fingerprint density at radius 3 is 1.00 bits per heavy atom. The van der Waals surface area contributed by atoms with Crippen LogP contribution in [0.15, 0.2) is 0 Å². The molecule has 0 aromatic heterocycles. The minimum Gasteiger partial charge on any atom is -0.0973 e. The quantitative estimate of drug-likeness (QED) is 0.514. The van der Waals surface area contributed by atoms with Gasteiger partial charge in [0.2, 0.25) is 0 Å². The van der Waals surface area contributed by atoms with Gasteiger partial charge in [-0.15, -0.1) is 0 Å². The standard InChI is InChI=1S/C2H6.3CH2S/c4*1-2/h1-2H3;3*1H2/i;3*1D. The Bertz CT molecular complexity index is 53.7. The van der Waals surface area contributed by atoms with Crippen LogP contribution in [0, 0.1) is 0 Å². The zero-order valence-electron chi connectivity index (χ0n) is 7.96. The summed E-state index contributed by atoms with van der Waals surface area (Å²) >= 11 is 11.8. The van der Waals surface area contributed by atoms with Gasteiger partial charge in [0.15, 0.2) is 0 Å². The first-order valence-electron chi connectivity index (χ1n) is 3.44. The number of thiocarbonyl (C=S) groups is 3. The third-order valence-corrected chi connectivity index (χ3v) is 0. The zero-order valence-corrected chi connectivity index (χ0v) is 7.41. The first kappa shape index (κ1) is 8.27. The summed E-state index contributed by atoms with van der Waals surface area (Å²) in [4.78, 5) is 0. The van der Waals surface area contributed by atoms with Gasteiger partial charge in [-0.25, -0.2) is 0 Å². The Kier molecular flexibility index (Phi) is 4050. The average molecular weight is 171 g/mol. The Labute approximate surface area is 72.5 Å². The molecular formula is C5H12S3. The second-order valence-electron chi connectivity index (χ2n) is 0. The molecule has 0 aliphatic rings. The molecular weight excluding hydrogens is 156 g/mol. The highest BCUT2D eigenvalue weighted by Gasteiger charge is 0.932. The lowest BCUT2D eigenvalue weighted by Gasteiger charge is -1.07. The lowest BCUT2D eigenvalue weighted by atomic mass is 11.0. The van der Waals surface area contributed by atoms with Crippen LogP contribution in [0.3, 0.4) is 0 Å². The average Bonchev–Trinajstić information content (AvgIpc) is 1.96. The summed E-state index contributed by atoms with van der Waals surface area (Å²) < 4.78 is 17.7. The van der Waals surface area contributed by atoms with Crippen LogP contribution in [0.1, 0.15) is 18.0 Å². The second-order valence-corrected chi connectivity index (χ2v) is 0. The molecule has 0 heterocycles. The molecule has 0 aromatic rings. The Morgan fingerprint density at radius 1 is 1.00 bits per heavy atom. The SMILES string of the molecule is CC.[2H]C=S.[2H]C=S.[2H]C=S. The van der Waals surface area contributed by atoms with Gasteiger partial charge in [0.1, 0.15) is 0 Å². The highest BCUT2D eigenvalue weighted by molar-refractivity contribution is 7.77. The molecule has 3 heteroatoms. The molecule has 0 fully saturated rings. The Hall–Kier alpha value is 0.270. The van der Waals surface area contributed by atoms with E-state index >= 15 is 0 Å². The van der Waals surface area contributed by atoms with Gasteiger partial charge in [0, 0.05) is 0 Å². The van der Waals surface area contributed by atoms with Gasteiger partial charge in [-0.2, -0.15) is 0 Å². The van der Waals surface area contributed by atoms with Crippen molar-refractivity contribution in [3.05, 3.63) is 0 Å². The topological polar surface area (TPSA) is 0 Å². The van der Waals surface area contributed by atoms with Crippen LogP contribution in [-0.2, 0) is 0 Å². The van der Waals surface area contributed by atoms with Crippen molar-refractivity contribution in [3.63, 3.8) is 0 Å². The number of hydrogen-bond donors (Lipinski definition) is 0. The van der Waals surface area contributed by atoms with Crippen molar-refractivity contribution in [3.8, 4) is 0 Å². The molecule has 0 saturated heterocycles. The van der Waals surface area contributed by atoms with Crippen LogP contribution in [0.5, 0.6) is 0 Å². The van der Waals surface area contributed by atoms with Gasteiger partial charge in [-0.05, 0) is 17.5 Å². The summed E-state index contributed by atoms with van der Waals surface area (Å²) in [5.41, 5.74) is 0. The summed E-state index contributed by atoms with van der Waals surface area (Å²) in [6.45, 7) is 4.00. The Morgan fingerprint density at radius 2 is 1.00 bits per heavy atom. The molecule has 0 aromatic carbocycles. The van der Waals surface area contributed by atoms with Crippen molar-refractivity contribution >= 4 is 54.2 Å². The van der Waals surface area contributed by atoms with E-state index in [1.54, 1.807) is 0 Å². The minimum absolute atomic E-state index is 0.833. The fourth-order valence-electron chi connectivity index (χ4n) is 0. The minimum atomic E-state index is 0.833. The van der Waals surface area contributed by atoms with E-state index in [4.69, 9.17) is 4.11 Å². The fraction of sp³-hybridized carbons (Fsp3) is 0.400. The van der Waals surface area contributed by atoms with E-state index in [1.165, 1.54) is 0 Å². The van der Waals surface area contributed by atoms with Crippen LogP contribution in [0.2, 0.25) is 0 Å². The first-order chi connectivity index (χ1) is 5.24. The monoisotopic (exact) mass is 171 g/mol. The van der Waals surface area contributed by atoms with Gasteiger partial charge in [-0.3, -0.25) is 0 Å². The van der Waals surface area contributed by atoms with Crippen molar-refractivity contribution in [2.75, 3.05) is 0 Å². The molecule has 0 spiro atoms. The van der Waals surface area contributed by atoms with E-state index in [9.17, 15) is 0 Å². The van der Waals surface area contributed by atoms with Gasteiger partial charge in [0.25, 0.3) is 0 Å². The van der Waals surface area contributed by atoms with Crippen molar-refractivity contribution in [1.82, 2.24) is 0 Å². The molecule has 0 aliphatic carbocycles. The molecule has 0 aliphatic heterocycles. The maximum atomic E-state index is 5.90. The molecule has 0 radical (unpaired) electrons. The molecule has 0 nitrogen and oxygen atoms in total. The highest BCUT2D eigenvalue weighted by Crippen LogP contribution is 1.14. The number of rotatable bonds is 0. The van der Waals surface area contributed by atoms with Gasteiger partial charge >= 0.3 is 0 Å². The van der Waals surface area contributed by atoms with Crippen LogP contribution in [-0.4, -0.2) is 17.5 Å². The van der Waals surface area contributed by atoms with E-state index in [0.29, 0.717) is 0 Å². The van der Waals surface area contributed by atoms with Crippen LogP contribution < -0.4 is 0 Å². The largest absolute Gasteiger partial charge is 0.0973 e. The molecule has 0 saturated carbocycles.